The summed E-state index contributed by atoms with van der Waals surface area (Å²) in [6.45, 7) is 5.40. The largest absolute Gasteiger partial charge is 0.335 e. The van der Waals surface area contributed by atoms with Crippen LogP contribution in [0.3, 0.4) is 0 Å². The maximum Gasteiger partial charge on any atom is 0.317 e. The second-order valence-electron chi connectivity index (χ2n) is 6.33. The van der Waals surface area contributed by atoms with E-state index < -0.39 is 0 Å². The van der Waals surface area contributed by atoms with Crippen LogP contribution in [0.5, 0.6) is 0 Å². The number of aryl methyl sites for hydroxylation is 2. The van der Waals surface area contributed by atoms with Crippen molar-refractivity contribution in [3.05, 3.63) is 24.0 Å². The number of hydrogen-bond donors (Lipinski definition) is 1. The van der Waals surface area contributed by atoms with Crippen LogP contribution in [0.1, 0.15) is 49.9 Å². The minimum absolute atomic E-state index is 0.116. The molecule has 0 spiro atoms. The van der Waals surface area contributed by atoms with Gasteiger partial charge in [0, 0.05) is 32.5 Å². The summed E-state index contributed by atoms with van der Waals surface area (Å²) in [7, 11) is 1.80. The molecule has 24 heavy (non-hydrogen) atoms. The Labute approximate surface area is 141 Å². The molecule has 2 aromatic heterocycles. The third kappa shape index (κ3) is 3.72. The predicted molar refractivity (Wildman–Crippen MR) is 87.2 cm³/mol. The van der Waals surface area contributed by atoms with Crippen molar-refractivity contribution in [2.75, 3.05) is 13.6 Å². The first kappa shape index (κ1) is 16.4. The van der Waals surface area contributed by atoms with Gasteiger partial charge in [-0.05, 0) is 43.5 Å². The number of rotatable bonds is 7. The first-order chi connectivity index (χ1) is 11.6. The first-order valence-electron chi connectivity index (χ1n) is 8.33. The number of amides is 2. The van der Waals surface area contributed by atoms with Gasteiger partial charge in [-0.25, -0.2) is 14.5 Å². The smallest absolute Gasteiger partial charge is 0.317 e. The standard InChI is InChI=1S/C15H24N8O/c1-11(14-18-19-20-23(14)13-5-6-13)17-15(24)21(3)8-4-9-22-10-7-16-12(22)2/h7,10-11,13H,4-6,8-9H2,1-3H3,(H,17,24). The maximum absolute atomic E-state index is 12.3. The lowest BCUT2D eigenvalue weighted by atomic mass is 10.3. The molecule has 1 atom stereocenters. The molecule has 1 aliphatic rings. The van der Waals surface area contributed by atoms with Crippen LogP contribution in [-0.2, 0) is 6.54 Å². The van der Waals surface area contributed by atoms with E-state index in [1.54, 1.807) is 18.1 Å². The Kier molecular flexibility index (Phi) is 4.77. The lowest BCUT2D eigenvalue weighted by Crippen LogP contribution is -2.40. The van der Waals surface area contributed by atoms with E-state index in [1.165, 1.54) is 0 Å². The highest BCUT2D eigenvalue weighted by atomic mass is 16.2. The van der Waals surface area contributed by atoms with E-state index in [0.717, 1.165) is 31.6 Å². The highest BCUT2D eigenvalue weighted by molar-refractivity contribution is 5.74. The molecule has 0 saturated heterocycles. The van der Waals surface area contributed by atoms with E-state index in [2.05, 4.69) is 30.4 Å². The van der Waals surface area contributed by atoms with E-state index in [4.69, 9.17) is 0 Å². The van der Waals surface area contributed by atoms with Crippen LogP contribution in [0.15, 0.2) is 12.4 Å². The summed E-state index contributed by atoms with van der Waals surface area (Å²) in [6.07, 6.45) is 6.82. The molecule has 1 aliphatic carbocycles. The van der Waals surface area contributed by atoms with Crippen LogP contribution in [-0.4, -0.2) is 54.3 Å². The van der Waals surface area contributed by atoms with E-state index >= 15 is 0 Å². The number of urea groups is 1. The minimum Gasteiger partial charge on any atom is -0.335 e. The average molecular weight is 332 g/mol. The molecule has 1 N–H and O–H groups in total. The van der Waals surface area contributed by atoms with Crippen molar-refractivity contribution in [2.45, 2.75) is 51.7 Å². The molecule has 3 rings (SSSR count). The van der Waals surface area contributed by atoms with Gasteiger partial charge in [0.15, 0.2) is 5.82 Å². The molecule has 130 valence electrons. The Bertz CT molecular complexity index is 689. The maximum atomic E-state index is 12.3. The third-order valence-corrected chi connectivity index (χ3v) is 4.30. The van der Waals surface area contributed by atoms with Crippen LogP contribution in [0.4, 0.5) is 4.79 Å². The monoisotopic (exact) mass is 332 g/mol. The molecule has 1 unspecified atom stereocenters. The van der Waals surface area contributed by atoms with Gasteiger partial charge in [-0.15, -0.1) is 5.10 Å². The first-order valence-corrected chi connectivity index (χ1v) is 8.33. The van der Waals surface area contributed by atoms with Gasteiger partial charge in [0.25, 0.3) is 0 Å². The summed E-state index contributed by atoms with van der Waals surface area (Å²) in [5.74, 6) is 1.70. The Balaban J connectivity index is 1.46. The minimum atomic E-state index is -0.216. The Morgan fingerprint density at radius 2 is 2.29 bits per heavy atom. The molecule has 2 heterocycles. The second-order valence-corrected chi connectivity index (χ2v) is 6.33. The second kappa shape index (κ2) is 6.98. The zero-order chi connectivity index (χ0) is 17.1. The van der Waals surface area contributed by atoms with Gasteiger partial charge in [-0.2, -0.15) is 0 Å². The molecule has 0 aromatic carbocycles. The van der Waals surface area contributed by atoms with Gasteiger partial charge in [-0.1, -0.05) is 0 Å². The van der Waals surface area contributed by atoms with Crippen molar-refractivity contribution >= 4 is 6.03 Å². The number of nitrogens with one attached hydrogen (secondary N) is 1. The van der Waals surface area contributed by atoms with Crippen molar-refractivity contribution in [3.8, 4) is 0 Å². The van der Waals surface area contributed by atoms with Gasteiger partial charge in [0.05, 0.1) is 12.1 Å². The molecule has 0 bridgehead atoms. The van der Waals surface area contributed by atoms with Gasteiger partial charge >= 0.3 is 6.03 Å². The molecular weight excluding hydrogens is 308 g/mol. The Hall–Kier alpha value is -2.45. The summed E-state index contributed by atoms with van der Waals surface area (Å²) in [4.78, 5) is 18.2. The lowest BCUT2D eigenvalue weighted by Gasteiger charge is -2.21. The quantitative estimate of drug-likeness (QED) is 0.825. The van der Waals surface area contributed by atoms with Gasteiger partial charge in [-0.3, -0.25) is 0 Å². The van der Waals surface area contributed by atoms with E-state index in [0.29, 0.717) is 18.4 Å². The average Bonchev–Trinajstić information content (AvgIpc) is 3.14. The number of nitrogens with zero attached hydrogens (tertiary/aromatic N) is 7. The number of carbonyl (C=O) groups is 1. The summed E-state index contributed by atoms with van der Waals surface area (Å²) in [6, 6.07) is 0.0622. The van der Waals surface area contributed by atoms with Crippen LogP contribution in [0.2, 0.25) is 0 Å². The van der Waals surface area contributed by atoms with E-state index in [9.17, 15) is 4.79 Å². The highest BCUT2D eigenvalue weighted by Crippen LogP contribution is 2.35. The van der Waals surface area contributed by atoms with Crippen molar-refractivity contribution in [3.63, 3.8) is 0 Å². The number of hydrogen-bond acceptors (Lipinski definition) is 5. The fourth-order valence-corrected chi connectivity index (χ4v) is 2.64. The number of aromatic nitrogens is 6. The molecule has 1 saturated carbocycles. The topological polar surface area (TPSA) is 93.8 Å². The van der Waals surface area contributed by atoms with Crippen LogP contribution in [0.25, 0.3) is 0 Å². The summed E-state index contributed by atoms with van der Waals surface area (Å²) >= 11 is 0. The molecule has 2 aromatic rings. The molecule has 9 heteroatoms. The number of carbonyl (C=O) groups excluding carboxylic acids is 1. The van der Waals surface area contributed by atoms with E-state index in [1.807, 2.05) is 24.7 Å². The van der Waals surface area contributed by atoms with Crippen LogP contribution >= 0.6 is 0 Å². The van der Waals surface area contributed by atoms with Crippen LogP contribution in [0, 0.1) is 6.92 Å². The van der Waals surface area contributed by atoms with Crippen molar-refractivity contribution in [1.29, 1.82) is 0 Å². The molecule has 1 fully saturated rings. The van der Waals surface area contributed by atoms with E-state index in [-0.39, 0.29) is 12.1 Å². The normalized spacial score (nSPS) is 15.3. The molecular formula is C15H24N8O. The zero-order valence-electron chi connectivity index (χ0n) is 14.4. The summed E-state index contributed by atoms with van der Waals surface area (Å²) < 4.78 is 3.91. The van der Waals surface area contributed by atoms with Gasteiger partial charge in [0.1, 0.15) is 5.82 Å². The third-order valence-electron chi connectivity index (χ3n) is 4.30. The fourth-order valence-electron chi connectivity index (χ4n) is 2.64. The zero-order valence-corrected chi connectivity index (χ0v) is 14.4. The molecule has 9 nitrogen and oxygen atoms in total. The summed E-state index contributed by atoms with van der Waals surface area (Å²) in [5.41, 5.74) is 0. The predicted octanol–water partition coefficient (Wildman–Crippen LogP) is 1.31. The fraction of sp³-hybridized carbons (Fsp3) is 0.667. The van der Waals surface area contributed by atoms with Crippen molar-refractivity contribution in [1.82, 2.24) is 40.0 Å². The SMILES string of the molecule is Cc1nccn1CCCN(C)C(=O)NC(C)c1nnnn1C1CC1. The highest BCUT2D eigenvalue weighted by Gasteiger charge is 2.30. The lowest BCUT2D eigenvalue weighted by molar-refractivity contribution is 0.203. The number of tetrazole rings is 1. The summed E-state index contributed by atoms with van der Waals surface area (Å²) in [5, 5.41) is 14.8. The molecule has 2 amide bonds. The number of imidazole rings is 1. The van der Waals surface area contributed by atoms with Gasteiger partial charge < -0.3 is 14.8 Å². The Morgan fingerprint density at radius 3 is 2.96 bits per heavy atom. The van der Waals surface area contributed by atoms with Crippen molar-refractivity contribution in [2.24, 2.45) is 0 Å². The Morgan fingerprint density at radius 1 is 1.50 bits per heavy atom. The molecule has 0 aliphatic heterocycles. The van der Waals surface area contributed by atoms with Crippen molar-refractivity contribution < 1.29 is 4.79 Å². The molecule has 0 radical (unpaired) electrons. The van der Waals surface area contributed by atoms with Gasteiger partial charge in [0.2, 0.25) is 0 Å². The van der Waals surface area contributed by atoms with Crippen LogP contribution < -0.4 is 5.32 Å².